The third kappa shape index (κ3) is 7.37. The first kappa shape index (κ1) is 25.4. The fraction of sp³-hybridized carbons (Fsp3) is 0.727. The van der Waals surface area contributed by atoms with Crippen LogP contribution in [0.3, 0.4) is 0 Å². The minimum atomic E-state index is -0.198. The number of nitrogens with one attached hydrogen (secondary N) is 1. The molecule has 0 aromatic carbocycles. The number of hydrogen-bond acceptors (Lipinski definition) is 4. The van der Waals surface area contributed by atoms with Gasteiger partial charge in [0, 0.05) is 30.9 Å². The van der Waals surface area contributed by atoms with Crippen LogP contribution in [0.4, 0.5) is 0 Å². The monoisotopic (exact) mass is 547 g/mol. The van der Waals surface area contributed by atoms with Crippen molar-refractivity contribution in [3.63, 3.8) is 0 Å². The Morgan fingerprint density at radius 1 is 1.33 bits per heavy atom. The maximum absolute atomic E-state index is 11.4. The molecule has 0 radical (unpaired) electrons. The van der Waals surface area contributed by atoms with Crippen molar-refractivity contribution in [1.82, 2.24) is 15.1 Å². The van der Waals surface area contributed by atoms with E-state index in [2.05, 4.69) is 46.5 Å². The molecule has 30 heavy (non-hydrogen) atoms. The van der Waals surface area contributed by atoms with E-state index in [0.717, 1.165) is 64.0 Å². The number of hydrogen-bond donors (Lipinski definition) is 2. The van der Waals surface area contributed by atoms with Gasteiger partial charge in [0.05, 0.1) is 12.6 Å². The second-order valence-electron chi connectivity index (χ2n) is 8.57. The van der Waals surface area contributed by atoms with Gasteiger partial charge in [-0.2, -0.15) is 0 Å². The van der Waals surface area contributed by atoms with Crippen LogP contribution in [0.25, 0.3) is 0 Å². The van der Waals surface area contributed by atoms with Crippen LogP contribution in [-0.4, -0.2) is 60.9 Å². The second kappa shape index (κ2) is 12.9. The van der Waals surface area contributed by atoms with Gasteiger partial charge in [-0.15, -0.1) is 35.3 Å². The van der Waals surface area contributed by atoms with Gasteiger partial charge in [-0.1, -0.05) is 13.0 Å². The molecule has 2 saturated heterocycles. The van der Waals surface area contributed by atoms with E-state index in [4.69, 9.17) is 10.7 Å². The first-order valence-corrected chi connectivity index (χ1v) is 12.0. The lowest BCUT2D eigenvalue weighted by molar-refractivity contribution is -0.119. The number of likely N-dealkylation sites (tertiary alicyclic amines) is 2. The molecular formula is C22H38IN5OS. The molecule has 0 aliphatic carbocycles. The van der Waals surface area contributed by atoms with E-state index in [-0.39, 0.29) is 29.9 Å². The van der Waals surface area contributed by atoms with Crippen molar-refractivity contribution in [2.24, 2.45) is 22.6 Å². The molecule has 0 spiro atoms. The van der Waals surface area contributed by atoms with Crippen molar-refractivity contribution in [3.8, 4) is 0 Å². The molecule has 170 valence electrons. The SMILES string of the molecule is CCNC(=NCC(c1cccs1)N1CCC(C)CC1)N1CCCC(CC(N)=O)C1.I. The van der Waals surface area contributed by atoms with E-state index < -0.39 is 0 Å². The molecule has 3 N–H and O–H groups in total. The summed E-state index contributed by atoms with van der Waals surface area (Å²) in [5.74, 6) is 1.94. The average molecular weight is 548 g/mol. The zero-order chi connectivity index (χ0) is 20.6. The van der Waals surface area contributed by atoms with Crippen molar-refractivity contribution < 1.29 is 4.79 Å². The molecule has 1 amide bonds. The van der Waals surface area contributed by atoms with E-state index in [1.54, 1.807) is 0 Å². The van der Waals surface area contributed by atoms with Gasteiger partial charge in [-0.3, -0.25) is 14.7 Å². The van der Waals surface area contributed by atoms with Gasteiger partial charge in [0.25, 0.3) is 0 Å². The maximum Gasteiger partial charge on any atom is 0.217 e. The van der Waals surface area contributed by atoms with E-state index >= 15 is 0 Å². The predicted molar refractivity (Wildman–Crippen MR) is 137 cm³/mol. The first-order valence-electron chi connectivity index (χ1n) is 11.2. The van der Waals surface area contributed by atoms with Crippen molar-refractivity contribution in [2.45, 2.75) is 52.0 Å². The van der Waals surface area contributed by atoms with Crippen molar-refractivity contribution in [1.29, 1.82) is 0 Å². The normalized spacial score (nSPS) is 22.4. The van der Waals surface area contributed by atoms with Crippen LogP contribution >= 0.6 is 35.3 Å². The van der Waals surface area contributed by atoms with Gasteiger partial charge in [0.1, 0.15) is 0 Å². The fourth-order valence-corrected chi connectivity index (χ4v) is 5.37. The third-order valence-corrected chi connectivity index (χ3v) is 7.16. The number of piperidine rings is 2. The quantitative estimate of drug-likeness (QED) is 0.310. The summed E-state index contributed by atoms with van der Waals surface area (Å²) < 4.78 is 0. The van der Waals surface area contributed by atoms with Crippen LogP contribution in [-0.2, 0) is 4.79 Å². The Morgan fingerprint density at radius 3 is 2.73 bits per heavy atom. The molecule has 2 unspecified atom stereocenters. The minimum Gasteiger partial charge on any atom is -0.370 e. The smallest absolute Gasteiger partial charge is 0.217 e. The summed E-state index contributed by atoms with van der Waals surface area (Å²) in [5, 5.41) is 5.65. The number of primary amides is 1. The van der Waals surface area contributed by atoms with Crippen LogP contribution in [0, 0.1) is 11.8 Å². The lowest BCUT2D eigenvalue weighted by Gasteiger charge is -2.37. The molecule has 2 fully saturated rings. The van der Waals surface area contributed by atoms with Crippen LogP contribution < -0.4 is 11.1 Å². The largest absolute Gasteiger partial charge is 0.370 e. The number of amides is 1. The fourth-order valence-electron chi connectivity index (χ4n) is 4.51. The zero-order valence-corrected chi connectivity index (χ0v) is 21.5. The Bertz CT molecular complexity index is 660. The molecule has 0 saturated carbocycles. The van der Waals surface area contributed by atoms with Crippen LogP contribution in [0.1, 0.15) is 56.9 Å². The predicted octanol–water partition coefficient (Wildman–Crippen LogP) is 3.69. The highest BCUT2D eigenvalue weighted by molar-refractivity contribution is 14.0. The number of thiophene rings is 1. The molecule has 1 aromatic rings. The molecule has 6 nitrogen and oxygen atoms in total. The molecular weight excluding hydrogens is 509 g/mol. The molecule has 3 rings (SSSR count). The molecule has 2 atom stereocenters. The topological polar surface area (TPSA) is 74.0 Å². The van der Waals surface area contributed by atoms with Gasteiger partial charge in [-0.25, -0.2) is 0 Å². The summed E-state index contributed by atoms with van der Waals surface area (Å²) >= 11 is 1.84. The molecule has 0 bridgehead atoms. The van der Waals surface area contributed by atoms with Gasteiger partial charge in [0.2, 0.25) is 5.91 Å². The average Bonchev–Trinajstić information content (AvgIpc) is 3.23. The number of guanidine groups is 1. The lowest BCUT2D eigenvalue weighted by atomic mass is 9.95. The lowest BCUT2D eigenvalue weighted by Crippen LogP contribution is -2.47. The highest BCUT2D eigenvalue weighted by atomic mass is 127. The summed E-state index contributed by atoms with van der Waals surface area (Å²) in [4.78, 5) is 22.8. The number of carbonyl (C=O) groups is 1. The summed E-state index contributed by atoms with van der Waals surface area (Å²) in [5.41, 5.74) is 5.44. The van der Waals surface area contributed by atoms with E-state index in [1.165, 1.54) is 17.7 Å². The van der Waals surface area contributed by atoms with Crippen LogP contribution in [0.15, 0.2) is 22.5 Å². The molecule has 8 heteroatoms. The molecule has 3 heterocycles. The summed E-state index contributed by atoms with van der Waals surface area (Å²) in [7, 11) is 0. The number of carbonyl (C=O) groups excluding carboxylic acids is 1. The van der Waals surface area contributed by atoms with Gasteiger partial charge in [-0.05, 0) is 69.0 Å². The number of nitrogens with zero attached hydrogens (tertiary/aromatic N) is 3. The maximum atomic E-state index is 11.4. The van der Waals surface area contributed by atoms with Gasteiger partial charge in [0.15, 0.2) is 5.96 Å². The van der Waals surface area contributed by atoms with E-state index in [1.807, 2.05) is 11.3 Å². The number of nitrogens with two attached hydrogens (primary N) is 1. The third-order valence-electron chi connectivity index (χ3n) is 6.19. The Hall–Kier alpha value is -0.870. The van der Waals surface area contributed by atoms with E-state index in [0.29, 0.717) is 18.4 Å². The van der Waals surface area contributed by atoms with Crippen molar-refractivity contribution >= 4 is 47.2 Å². The Kier molecular flexibility index (Phi) is 10.9. The first-order chi connectivity index (χ1) is 14.1. The van der Waals surface area contributed by atoms with Crippen molar-refractivity contribution in [2.75, 3.05) is 39.3 Å². The molecule has 2 aliphatic heterocycles. The number of rotatable bonds is 7. The van der Waals surface area contributed by atoms with Crippen LogP contribution in [0.2, 0.25) is 0 Å². The summed E-state index contributed by atoms with van der Waals surface area (Å²) in [6.45, 7) is 10.3. The summed E-state index contributed by atoms with van der Waals surface area (Å²) in [6, 6.07) is 4.75. The Balaban J connectivity index is 0.00000320. The highest BCUT2D eigenvalue weighted by Gasteiger charge is 2.27. The van der Waals surface area contributed by atoms with Gasteiger partial charge < -0.3 is 16.0 Å². The van der Waals surface area contributed by atoms with E-state index in [9.17, 15) is 4.79 Å². The van der Waals surface area contributed by atoms with Gasteiger partial charge >= 0.3 is 0 Å². The standard InChI is InChI=1S/C22H37N5OS.HI/c1-3-24-22(27-10-4-6-18(16-27)14-21(23)28)25-15-19(20-7-5-13-29-20)26-11-8-17(2)9-12-26;/h5,7,13,17-19H,3-4,6,8-12,14-16H2,1-2H3,(H2,23,28)(H,24,25);1H. The molecule has 1 aromatic heterocycles. The summed E-state index contributed by atoms with van der Waals surface area (Å²) in [6.07, 6.45) is 5.17. The Labute approximate surface area is 202 Å². The second-order valence-corrected chi connectivity index (χ2v) is 9.55. The van der Waals surface area contributed by atoms with Crippen LogP contribution in [0.5, 0.6) is 0 Å². The number of halogens is 1. The zero-order valence-electron chi connectivity index (χ0n) is 18.4. The Morgan fingerprint density at radius 2 is 2.10 bits per heavy atom. The van der Waals surface area contributed by atoms with Crippen molar-refractivity contribution in [3.05, 3.63) is 22.4 Å². The highest BCUT2D eigenvalue weighted by Crippen LogP contribution is 2.30. The number of aliphatic imine (C=N–C) groups is 1. The minimum absolute atomic E-state index is 0. The molecule has 2 aliphatic rings.